The Bertz CT molecular complexity index is 962. The van der Waals surface area contributed by atoms with Crippen LogP contribution in [0.15, 0.2) is 47.4 Å². The summed E-state index contributed by atoms with van der Waals surface area (Å²) in [4.78, 5) is 11.8. The molecule has 28 heavy (non-hydrogen) atoms. The molecule has 0 radical (unpaired) electrons. The van der Waals surface area contributed by atoms with Crippen molar-refractivity contribution in [2.45, 2.75) is 31.1 Å². The summed E-state index contributed by atoms with van der Waals surface area (Å²) in [6.45, 7) is 2.87. The summed E-state index contributed by atoms with van der Waals surface area (Å²) in [5.41, 5.74) is 1.70. The number of ether oxygens (including phenoxy) is 1. The molecule has 1 heterocycles. The number of carbonyl (C=O) groups excluding carboxylic acids is 1. The third kappa shape index (κ3) is 4.42. The minimum Gasteiger partial charge on any atom is -0.482 e. The molecular weight excluding hydrogens is 400 g/mol. The van der Waals surface area contributed by atoms with Gasteiger partial charge in [-0.2, -0.15) is 0 Å². The molecule has 3 rings (SSSR count). The summed E-state index contributed by atoms with van der Waals surface area (Å²) in [7, 11) is -3.72. The predicted octanol–water partition coefficient (Wildman–Crippen LogP) is 3.39. The van der Waals surface area contributed by atoms with Crippen LogP contribution in [-0.2, 0) is 21.2 Å². The average Bonchev–Trinajstić information content (AvgIpc) is 3.12. The third-order valence-electron chi connectivity index (χ3n) is 4.55. The molecule has 0 aliphatic carbocycles. The van der Waals surface area contributed by atoms with Crippen molar-refractivity contribution in [1.29, 1.82) is 0 Å². The molecule has 1 aliphatic heterocycles. The van der Waals surface area contributed by atoms with E-state index in [9.17, 15) is 13.2 Å². The van der Waals surface area contributed by atoms with Crippen molar-refractivity contribution in [3.05, 3.63) is 53.1 Å². The summed E-state index contributed by atoms with van der Waals surface area (Å²) in [5.74, 6) is 0.0305. The van der Waals surface area contributed by atoms with Crippen molar-refractivity contribution in [1.82, 2.24) is 5.32 Å². The van der Waals surface area contributed by atoms with Crippen molar-refractivity contribution in [3.8, 4) is 5.75 Å². The second-order valence-corrected chi connectivity index (χ2v) is 8.81. The smallest absolute Gasteiger partial charge is 0.264 e. The summed E-state index contributed by atoms with van der Waals surface area (Å²) in [5, 5.41) is 2.89. The zero-order valence-corrected chi connectivity index (χ0v) is 17.2. The topological polar surface area (TPSA) is 75.7 Å². The fourth-order valence-electron chi connectivity index (χ4n) is 3.04. The predicted molar refractivity (Wildman–Crippen MR) is 110 cm³/mol. The lowest BCUT2D eigenvalue weighted by atomic mass is 10.2. The van der Waals surface area contributed by atoms with Gasteiger partial charge < -0.3 is 10.1 Å². The largest absolute Gasteiger partial charge is 0.482 e. The molecule has 6 nitrogen and oxygen atoms in total. The number of unbranched alkanes of at least 4 members (excludes halogenated alkanes) is 1. The molecule has 1 amide bonds. The van der Waals surface area contributed by atoms with Gasteiger partial charge in [0.25, 0.3) is 15.9 Å². The number of halogens is 1. The van der Waals surface area contributed by atoms with Crippen LogP contribution in [0.1, 0.15) is 25.3 Å². The van der Waals surface area contributed by atoms with Crippen LogP contribution in [0.25, 0.3) is 0 Å². The average molecular weight is 423 g/mol. The quantitative estimate of drug-likeness (QED) is 0.661. The molecule has 0 saturated carbocycles. The molecule has 0 atom stereocenters. The van der Waals surface area contributed by atoms with E-state index < -0.39 is 10.0 Å². The van der Waals surface area contributed by atoms with Gasteiger partial charge in [0.05, 0.1) is 15.6 Å². The molecular formula is C20H23ClN2O4S. The van der Waals surface area contributed by atoms with Crippen LogP contribution < -0.4 is 14.4 Å². The monoisotopic (exact) mass is 422 g/mol. The van der Waals surface area contributed by atoms with Gasteiger partial charge in [-0.1, -0.05) is 43.1 Å². The molecule has 1 aliphatic rings. The van der Waals surface area contributed by atoms with Gasteiger partial charge >= 0.3 is 0 Å². The maximum absolute atomic E-state index is 13.0. The number of fused-ring (bicyclic) bond motifs is 1. The standard InChI is InChI=1S/C20H23ClN2O4S/c1-2-3-11-22-20(24)14-27-19-9-8-16(13-17(19)21)28(25,26)23-12-10-15-6-4-5-7-18(15)23/h4-9,13H,2-3,10-12,14H2,1H3,(H,22,24). The van der Waals surface area contributed by atoms with Gasteiger partial charge in [-0.3, -0.25) is 9.10 Å². The number of rotatable bonds is 8. The van der Waals surface area contributed by atoms with Crippen LogP contribution in [-0.4, -0.2) is 34.0 Å². The maximum atomic E-state index is 13.0. The van der Waals surface area contributed by atoms with Crippen LogP contribution in [0.2, 0.25) is 5.02 Å². The van der Waals surface area contributed by atoms with E-state index in [1.165, 1.54) is 22.5 Å². The third-order valence-corrected chi connectivity index (χ3v) is 6.65. The Morgan fingerprint density at radius 2 is 2.04 bits per heavy atom. The molecule has 0 saturated heterocycles. The Kier molecular flexibility index (Phi) is 6.46. The highest BCUT2D eigenvalue weighted by Crippen LogP contribution is 2.34. The number of para-hydroxylation sites is 1. The van der Waals surface area contributed by atoms with E-state index >= 15 is 0 Å². The van der Waals surface area contributed by atoms with E-state index in [2.05, 4.69) is 5.32 Å². The number of nitrogens with zero attached hydrogens (tertiary/aromatic N) is 1. The van der Waals surface area contributed by atoms with Gasteiger partial charge in [-0.15, -0.1) is 0 Å². The van der Waals surface area contributed by atoms with Crippen molar-refractivity contribution < 1.29 is 17.9 Å². The van der Waals surface area contributed by atoms with Crippen molar-refractivity contribution in [2.75, 3.05) is 24.0 Å². The first-order valence-corrected chi connectivity index (χ1v) is 11.0. The van der Waals surface area contributed by atoms with Crippen molar-refractivity contribution >= 4 is 33.2 Å². The molecule has 2 aromatic rings. The molecule has 150 valence electrons. The van der Waals surface area contributed by atoms with Gasteiger partial charge in [0.1, 0.15) is 5.75 Å². The molecule has 0 unspecified atom stereocenters. The Morgan fingerprint density at radius 1 is 1.25 bits per heavy atom. The summed E-state index contributed by atoms with van der Waals surface area (Å²) in [6.07, 6.45) is 2.57. The SMILES string of the molecule is CCCCNC(=O)COc1ccc(S(=O)(=O)N2CCc3ccccc32)cc1Cl. The first kappa shape index (κ1) is 20.5. The summed E-state index contributed by atoms with van der Waals surface area (Å²) >= 11 is 6.21. The molecule has 0 bridgehead atoms. The number of sulfonamides is 1. The van der Waals surface area contributed by atoms with Crippen molar-refractivity contribution in [3.63, 3.8) is 0 Å². The fraction of sp³-hybridized carbons (Fsp3) is 0.350. The Hall–Kier alpha value is -2.25. The van der Waals surface area contributed by atoms with E-state index in [0.29, 0.717) is 25.2 Å². The highest BCUT2D eigenvalue weighted by Gasteiger charge is 2.31. The number of anilines is 1. The van der Waals surface area contributed by atoms with Gasteiger partial charge in [0, 0.05) is 13.1 Å². The van der Waals surface area contributed by atoms with E-state index in [0.717, 1.165) is 18.4 Å². The van der Waals surface area contributed by atoms with Gasteiger partial charge in [0.2, 0.25) is 0 Å². The normalized spacial score (nSPS) is 13.3. The van der Waals surface area contributed by atoms with E-state index in [4.69, 9.17) is 16.3 Å². The lowest BCUT2D eigenvalue weighted by Crippen LogP contribution is -2.30. The molecule has 0 spiro atoms. The zero-order chi connectivity index (χ0) is 20.1. The highest BCUT2D eigenvalue weighted by molar-refractivity contribution is 7.92. The fourth-order valence-corrected chi connectivity index (χ4v) is 4.87. The lowest BCUT2D eigenvalue weighted by molar-refractivity contribution is -0.123. The number of nitrogens with one attached hydrogen (secondary N) is 1. The molecule has 0 aromatic heterocycles. The van der Waals surface area contributed by atoms with E-state index in [-0.39, 0.29) is 28.2 Å². The number of benzene rings is 2. The van der Waals surface area contributed by atoms with Crippen LogP contribution in [0.5, 0.6) is 5.75 Å². The number of amides is 1. The van der Waals surface area contributed by atoms with Crippen molar-refractivity contribution in [2.24, 2.45) is 0 Å². The lowest BCUT2D eigenvalue weighted by Gasteiger charge is -2.20. The second kappa shape index (κ2) is 8.84. The second-order valence-electron chi connectivity index (χ2n) is 6.54. The van der Waals surface area contributed by atoms with Gasteiger partial charge in [-0.05, 0) is 42.7 Å². The minimum absolute atomic E-state index is 0.0916. The first-order valence-electron chi connectivity index (χ1n) is 9.23. The zero-order valence-electron chi connectivity index (χ0n) is 15.7. The summed E-state index contributed by atoms with van der Waals surface area (Å²) < 4.78 is 32.9. The van der Waals surface area contributed by atoms with Gasteiger partial charge in [0.15, 0.2) is 6.61 Å². The first-order chi connectivity index (χ1) is 13.4. The Morgan fingerprint density at radius 3 is 2.79 bits per heavy atom. The van der Waals surface area contributed by atoms with Crippen LogP contribution in [0.3, 0.4) is 0 Å². The Labute approximate surface area is 170 Å². The van der Waals surface area contributed by atoms with Crippen LogP contribution in [0, 0.1) is 0 Å². The van der Waals surface area contributed by atoms with E-state index in [1.807, 2.05) is 25.1 Å². The minimum atomic E-state index is -3.72. The van der Waals surface area contributed by atoms with Gasteiger partial charge in [-0.25, -0.2) is 8.42 Å². The summed E-state index contributed by atoms with van der Waals surface area (Å²) in [6, 6.07) is 11.8. The highest BCUT2D eigenvalue weighted by atomic mass is 35.5. The molecule has 2 aromatic carbocycles. The number of hydrogen-bond acceptors (Lipinski definition) is 4. The maximum Gasteiger partial charge on any atom is 0.264 e. The van der Waals surface area contributed by atoms with E-state index in [1.54, 1.807) is 6.07 Å². The number of hydrogen-bond donors (Lipinski definition) is 1. The molecule has 1 N–H and O–H groups in total. The Balaban J connectivity index is 1.71. The molecule has 8 heteroatoms. The van der Waals surface area contributed by atoms with Crippen LogP contribution in [0.4, 0.5) is 5.69 Å². The number of carbonyl (C=O) groups is 1. The molecule has 0 fully saturated rings. The van der Waals surface area contributed by atoms with Crippen LogP contribution >= 0.6 is 11.6 Å².